The van der Waals surface area contributed by atoms with Gasteiger partial charge in [-0.25, -0.2) is 0 Å². The lowest BCUT2D eigenvalue weighted by Gasteiger charge is -2.10. The summed E-state index contributed by atoms with van der Waals surface area (Å²) in [5.41, 5.74) is 9.63. The van der Waals surface area contributed by atoms with Gasteiger partial charge in [0.1, 0.15) is 6.07 Å². The van der Waals surface area contributed by atoms with Crippen LogP contribution >= 0.6 is 0 Å². The molecule has 0 aliphatic carbocycles. The van der Waals surface area contributed by atoms with Crippen LogP contribution in [0.15, 0.2) is 140 Å². The third-order valence-electron chi connectivity index (χ3n) is 7.96. The summed E-state index contributed by atoms with van der Waals surface area (Å²) in [5, 5.41) is 14.7. The number of fused-ring (bicyclic) bond motifs is 6. The first-order chi connectivity index (χ1) is 19.8. The van der Waals surface area contributed by atoms with E-state index in [0.717, 1.165) is 28.0 Å². The summed E-state index contributed by atoms with van der Waals surface area (Å²) in [4.78, 5) is 0. The molecule has 2 aromatic heterocycles. The highest BCUT2D eigenvalue weighted by Gasteiger charge is 2.17. The maximum absolute atomic E-state index is 9.83. The van der Waals surface area contributed by atoms with Gasteiger partial charge in [-0.3, -0.25) is 0 Å². The average molecular weight is 510 g/mol. The summed E-state index contributed by atoms with van der Waals surface area (Å²) in [6, 6.07) is 51.3. The van der Waals surface area contributed by atoms with E-state index in [4.69, 9.17) is 0 Å². The molecule has 6 aromatic carbocycles. The molecule has 0 saturated heterocycles. The van der Waals surface area contributed by atoms with Crippen molar-refractivity contribution < 1.29 is 0 Å². The molecule has 0 amide bonds. The molecule has 0 aliphatic heterocycles. The summed E-state index contributed by atoms with van der Waals surface area (Å²) in [7, 11) is 0. The molecule has 0 aliphatic rings. The molecule has 0 N–H and O–H groups in total. The summed E-state index contributed by atoms with van der Waals surface area (Å²) < 4.78 is 4.57. The van der Waals surface area contributed by atoms with Crippen LogP contribution in [0.4, 0.5) is 0 Å². The largest absolute Gasteiger partial charge is 0.309 e. The average Bonchev–Trinajstić information content (AvgIpc) is 3.53. The van der Waals surface area contributed by atoms with E-state index >= 15 is 0 Å². The lowest BCUT2D eigenvalue weighted by atomic mass is 10.0. The molecule has 8 rings (SSSR count). The van der Waals surface area contributed by atoms with Crippen LogP contribution in [0.25, 0.3) is 66.1 Å². The van der Waals surface area contributed by atoms with Crippen LogP contribution in [0, 0.1) is 11.3 Å². The Balaban J connectivity index is 1.38. The minimum absolute atomic E-state index is 0.661. The number of aromatic nitrogens is 2. The number of hydrogen-bond donors (Lipinski definition) is 0. The number of rotatable bonds is 3. The van der Waals surface area contributed by atoms with Gasteiger partial charge in [-0.2, -0.15) is 5.26 Å². The molecule has 0 radical (unpaired) electrons. The highest BCUT2D eigenvalue weighted by Crippen LogP contribution is 2.38. The quantitative estimate of drug-likeness (QED) is 0.233. The molecule has 186 valence electrons. The Morgan fingerprint density at radius 1 is 0.425 bits per heavy atom. The molecule has 0 atom stereocenters. The molecule has 0 spiro atoms. The zero-order valence-electron chi connectivity index (χ0n) is 21.6. The Kier molecular flexibility index (Phi) is 4.89. The Bertz CT molecular complexity index is 2280. The minimum atomic E-state index is 0.661. The Morgan fingerprint density at radius 3 is 1.80 bits per heavy atom. The number of nitrogens with zero attached hydrogens (tertiary/aromatic N) is 3. The number of nitriles is 1. The molecule has 0 bridgehead atoms. The monoisotopic (exact) mass is 509 g/mol. The normalized spacial score (nSPS) is 11.5. The second-order valence-corrected chi connectivity index (χ2v) is 10.1. The van der Waals surface area contributed by atoms with Crippen molar-refractivity contribution in [3.05, 3.63) is 145 Å². The van der Waals surface area contributed by atoms with E-state index in [1.54, 1.807) is 0 Å². The third kappa shape index (κ3) is 3.24. The van der Waals surface area contributed by atoms with Gasteiger partial charge in [0.25, 0.3) is 0 Å². The highest BCUT2D eigenvalue weighted by molar-refractivity contribution is 6.12. The minimum Gasteiger partial charge on any atom is -0.309 e. The van der Waals surface area contributed by atoms with Crippen molar-refractivity contribution in [1.29, 1.82) is 5.26 Å². The zero-order valence-corrected chi connectivity index (χ0v) is 21.6. The van der Waals surface area contributed by atoms with Gasteiger partial charge in [0.2, 0.25) is 0 Å². The van der Waals surface area contributed by atoms with Crippen LogP contribution in [-0.2, 0) is 0 Å². The molecule has 0 fully saturated rings. The van der Waals surface area contributed by atoms with Gasteiger partial charge < -0.3 is 9.13 Å². The summed E-state index contributed by atoms with van der Waals surface area (Å²) in [5.74, 6) is 0. The molecule has 40 heavy (non-hydrogen) atoms. The number of benzene rings is 6. The Hall–Kier alpha value is -5.59. The first kappa shape index (κ1) is 22.4. The van der Waals surface area contributed by atoms with Crippen molar-refractivity contribution in [3.8, 4) is 28.6 Å². The second kappa shape index (κ2) is 8.73. The first-order valence-corrected chi connectivity index (χ1v) is 13.4. The number of para-hydroxylation sites is 4. The molecule has 3 nitrogen and oxygen atoms in total. The van der Waals surface area contributed by atoms with Gasteiger partial charge >= 0.3 is 0 Å². The Labute approximate surface area is 231 Å². The first-order valence-electron chi connectivity index (χ1n) is 13.4. The van der Waals surface area contributed by atoms with E-state index in [-0.39, 0.29) is 0 Å². The summed E-state index contributed by atoms with van der Waals surface area (Å²) in [6.45, 7) is 0. The molecule has 2 heterocycles. The van der Waals surface area contributed by atoms with Crippen molar-refractivity contribution in [2.24, 2.45) is 0 Å². The SMILES string of the molecule is N#Cc1ccccc1-n1c2ccccc2c2cc(-c3ccc4c5ccccc5n(-c5ccccc5)c4c3)ccc21. The molecular weight excluding hydrogens is 486 g/mol. The maximum atomic E-state index is 9.83. The van der Waals surface area contributed by atoms with Crippen LogP contribution in [0.5, 0.6) is 0 Å². The molecule has 3 heteroatoms. The van der Waals surface area contributed by atoms with Gasteiger partial charge in [0, 0.05) is 27.2 Å². The van der Waals surface area contributed by atoms with E-state index in [1.165, 1.54) is 38.1 Å². The van der Waals surface area contributed by atoms with Crippen molar-refractivity contribution in [3.63, 3.8) is 0 Å². The smallest absolute Gasteiger partial charge is 0.101 e. The Morgan fingerprint density at radius 2 is 1.00 bits per heavy atom. The topological polar surface area (TPSA) is 33.6 Å². The molecular formula is C37H23N3. The van der Waals surface area contributed by atoms with E-state index in [2.05, 4.69) is 130 Å². The van der Waals surface area contributed by atoms with E-state index < -0.39 is 0 Å². The third-order valence-corrected chi connectivity index (χ3v) is 7.96. The summed E-state index contributed by atoms with van der Waals surface area (Å²) >= 11 is 0. The summed E-state index contributed by atoms with van der Waals surface area (Å²) in [6.07, 6.45) is 0. The van der Waals surface area contributed by atoms with Crippen LogP contribution in [0.2, 0.25) is 0 Å². The van der Waals surface area contributed by atoms with Gasteiger partial charge in [0.15, 0.2) is 0 Å². The van der Waals surface area contributed by atoms with Gasteiger partial charge in [-0.15, -0.1) is 0 Å². The maximum Gasteiger partial charge on any atom is 0.101 e. The second-order valence-electron chi connectivity index (χ2n) is 10.1. The van der Waals surface area contributed by atoms with Crippen LogP contribution in [-0.4, -0.2) is 9.13 Å². The zero-order chi connectivity index (χ0) is 26.6. The van der Waals surface area contributed by atoms with E-state index in [0.29, 0.717) is 5.56 Å². The van der Waals surface area contributed by atoms with E-state index in [1.807, 2.05) is 24.3 Å². The van der Waals surface area contributed by atoms with Crippen molar-refractivity contribution >= 4 is 43.6 Å². The van der Waals surface area contributed by atoms with Crippen molar-refractivity contribution in [2.75, 3.05) is 0 Å². The lowest BCUT2D eigenvalue weighted by Crippen LogP contribution is -1.97. The predicted octanol–water partition coefficient (Wildman–Crippen LogP) is 9.42. The number of hydrogen-bond acceptors (Lipinski definition) is 1. The molecule has 0 unspecified atom stereocenters. The fraction of sp³-hybridized carbons (Fsp3) is 0. The van der Waals surface area contributed by atoms with E-state index in [9.17, 15) is 5.26 Å². The fourth-order valence-corrected chi connectivity index (χ4v) is 6.18. The lowest BCUT2D eigenvalue weighted by molar-refractivity contribution is 1.17. The van der Waals surface area contributed by atoms with Crippen LogP contribution in [0.1, 0.15) is 5.56 Å². The molecule has 0 saturated carbocycles. The predicted molar refractivity (Wildman–Crippen MR) is 165 cm³/mol. The van der Waals surface area contributed by atoms with Gasteiger partial charge in [-0.1, -0.05) is 84.9 Å². The van der Waals surface area contributed by atoms with Crippen LogP contribution in [0.3, 0.4) is 0 Å². The van der Waals surface area contributed by atoms with Crippen molar-refractivity contribution in [1.82, 2.24) is 9.13 Å². The van der Waals surface area contributed by atoms with Gasteiger partial charge in [-0.05, 0) is 65.7 Å². The van der Waals surface area contributed by atoms with Crippen molar-refractivity contribution in [2.45, 2.75) is 0 Å². The van der Waals surface area contributed by atoms with Gasteiger partial charge in [0.05, 0.1) is 33.3 Å². The fourth-order valence-electron chi connectivity index (χ4n) is 6.18. The highest BCUT2D eigenvalue weighted by atomic mass is 15.0. The van der Waals surface area contributed by atoms with Crippen LogP contribution < -0.4 is 0 Å². The standard InChI is InChI=1S/C37H23N3/c38-24-27-10-4-7-15-33(27)40-35-17-9-6-14-30(35)32-22-25(19-21-36(32)40)26-18-20-31-29-13-5-8-16-34(29)39(37(31)23-26)28-11-2-1-3-12-28/h1-23H. The molecule has 8 aromatic rings.